The van der Waals surface area contributed by atoms with E-state index in [1.807, 2.05) is 0 Å². The maximum atomic E-state index is 9.45. The zero-order valence-corrected chi connectivity index (χ0v) is 6.09. The Morgan fingerprint density at radius 3 is 2.90 bits per heavy atom. The van der Waals surface area contributed by atoms with Crippen LogP contribution in [-0.4, -0.2) is 10.7 Å². The van der Waals surface area contributed by atoms with Crippen LogP contribution in [0.4, 0.5) is 0 Å². The highest BCUT2D eigenvalue weighted by Crippen LogP contribution is 2.25. The lowest BCUT2D eigenvalue weighted by atomic mass is 9.89. The fraction of sp³-hybridized carbons (Fsp3) is 0.625. The topological polar surface area (TPSA) is 44.0 Å². The van der Waals surface area contributed by atoms with Crippen molar-refractivity contribution in [2.24, 2.45) is 0 Å². The van der Waals surface area contributed by atoms with Gasteiger partial charge in [0.25, 0.3) is 0 Å². The molecule has 54 valence electrons. The first-order valence-electron chi connectivity index (χ1n) is 3.48. The molecule has 1 aliphatic carbocycles. The van der Waals surface area contributed by atoms with Gasteiger partial charge >= 0.3 is 0 Å². The number of rotatable bonds is 0. The van der Waals surface area contributed by atoms with Gasteiger partial charge in [0.2, 0.25) is 0 Å². The van der Waals surface area contributed by atoms with Crippen LogP contribution in [-0.2, 0) is 0 Å². The molecule has 0 radical (unpaired) electrons. The molecule has 0 heterocycles. The van der Waals surface area contributed by atoms with Gasteiger partial charge in [-0.15, -0.1) is 0 Å². The molecule has 0 fully saturated rings. The largest absolute Gasteiger partial charge is 0.386 e. The van der Waals surface area contributed by atoms with Crippen molar-refractivity contribution >= 4 is 0 Å². The SMILES string of the molecule is CC1(O)C=C(C#N)CCC1. The summed E-state index contributed by atoms with van der Waals surface area (Å²) in [6, 6.07) is 2.06. The van der Waals surface area contributed by atoms with Gasteiger partial charge < -0.3 is 5.11 Å². The van der Waals surface area contributed by atoms with Crippen LogP contribution in [0.15, 0.2) is 11.6 Å². The van der Waals surface area contributed by atoms with Crippen molar-refractivity contribution < 1.29 is 5.11 Å². The monoisotopic (exact) mass is 137 g/mol. The van der Waals surface area contributed by atoms with Crippen molar-refractivity contribution in [2.45, 2.75) is 31.8 Å². The quantitative estimate of drug-likeness (QED) is 0.548. The summed E-state index contributed by atoms with van der Waals surface area (Å²) < 4.78 is 0. The molecule has 0 saturated heterocycles. The predicted molar refractivity (Wildman–Crippen MR) is 38.2 cm³/mol. The first-order chi connectivity index (χ1) is 4.64. The van der Waals surface area contributed by atoms with E-state index in [9.17, 15) is 5.11 Å². The Labute approximate surface area is 60.8 Å². The molecular formula is C8H11NO. The summed E-state index contributed by atoms with van der Waals surface area (Å²) in [5.74, 6) is 0. The van der Waals surface area contributed by atoms with E-state index in [4.69, 9.17) is 5.26 Å². The summed E-state index contributed by atoms with van der Waals surface area (Å²) in [7, 11) is 0. The highest BCUT2D eigenvalue weighted by Gasteiger charge is 2.21. The van der Waals surface area contributed by atoms with E-state index in [2.05, 4.69) is 6.07 Å². The van der Waals surface area contributed by atoms with Crippen LogP contribution in [0, 0.1) is 11.3 Å². The second-order valence-electron chi connectivity index (χ2n) is 2.99. The molecular weight excluding hydrogens is 126 g/mol. The summed E-state index contributed by atoms with van der Waals surface area (Å²) >= 11 is 0. The maximum absolute atomic E-state index is 9.45. The van der Waals surface area contributed by atoms with Crippen molar-refractivity contribution in [3.05, 3.63) is 11.6 Å². The first kappa shape index (κ1) is 7.30. The van der Waals surface area contributed by atoms with Gasteiger partial charge in [-0.3, -0.25) is 0 Å². The molecule has 0 aromatic heterocycles. The van der Waals surface area contributed by atoms with Gasteiger partial charge in [0.15, 0.2) is 0 Å². The smallest absolute Gasteiger partial charge is 0.0944 e. The molecule has 0 bridgehead atoms. The third-order valence-electron chi connectivity index (χ3n) is 1.76. The summed E-state index contributed by atoms with van der Waals surface area (Å²) in [6.45, 7) is 1.74. The van der Waals surface area contributed by atoms with Crippen LogP contribution in [0.3, 0.4) is 0 Å². The van der Waals surface area contributed by atoms with Crippen LogP contribution in [0.25, 0.3) is 0 Å². The minimum atomic E-state index is -0.733. The van der Waals surface area contributed by atoms with Crippen LogP contribution in [0.2, 0.25) is 0 Å². The van der Waals surface area contributed by atoms with E-state index in [0.29, 0.717) is 0 Å². The van der Waals surface area contributed by atoms with E-state index in [0.717, 1.165) is 24.8 Å². The Bertz CT molecular complexity index is 198. The molecule has 2 nitrogen and oxygen atoms in total. The number of hydrogen-bond donors (Lipinski definition) is 1. The van der Waals surface area contributed by atoms with Crippen molar-refractivity contribution in [2.75, 3.05) is 0 Å². The first-order valence-corrected chi connectivity index (χ1v) is 3.48. The molecule has 0 aromatic rings. The van der Waals surface area contributed by atoms with E-state index in [-0.39, 0.29) is 0 Å². The van der Waals surface area contributed by atoms with E-state index in [1.165, 1.54) is 0 Å². The van der Waals surface area contributed by atoms with Crippen molar-refractivity contribution in [3.63, 3.8) is 0 Å². The normalized spacial score (nSPS) is 32.7. The van der Waals surface area contributed by atoms with Gasteiger partial charge in [-0.05, 0) is 32.3 Å². The summed E-state index contributed by atoms with van der Waals surface area (Å²) in [5.41, 5.74) is -0.0141. The van der Waals surface area contributed by atoms with Crippen LogP contribution in [0.5, 0.6) is 0 Å². The van der Waals surface area contributed by atoms with Crippen LogP contribution in [0.1, 0.15) is 26.2 Å². The Hall–Kier alpha value is -0.810. The predicted octanol–water partition coefficient (Wildman–Crippen LogP) is 1.37. The minimum Gasteiger partial charge on any atom is -0.386 e. The number of nitrogens with zero attached hydrogens (tertiary/aromatic N) is 1. The van der Waals surface area contributed by atoms with Gasteiger partial charge in [-0.2, -0.15) is 5.26 Å². The third-order valence-corrected chi connectivity index (χ3v) is 1.76. The van der Waals surface area contributed by atoms with Crippen molar-refractivity contribution in [1.29, 1.82) is 5.26 Å². The second-order valence-corrected chi connectivity index (χ2v) is 2.99. The van der Waals surface area contributed by atoms with Gasteiger partial charge in [0, 0.05) is 5.57 Å². The van der Waals surface area contributed by atoms with Crippen LogP contribution < -0.4 is 0 Å². The van der Waals surface area contributed by atoms with Gasteiger partial charge in [-0.25, -0.2) is 0 Å². The molecule has 1 atom stereocenters. The molecule has 0 aliphatic heterocycles. The summed E-state index contributed by atoms with van der Waals surface area (Å²) in [6.07, 6.45) is 4.19. The number of hydrogen-bond acceptors (Lipinski definition) is 2. The molecule has 0 saturated carbocycles. The molecule has 1 aliphatic rings. The molecule has 10 heavy (non-hydrogen) atoms. The molecule has 1 N–H and O–H groups in total. The minimum absolute atomic E-state index is 0.719. The Morgan fingerprint density at radius 2 is 2.50 bits per heavy atom. The summed E-state index contributed by atoms with van der Waals surface area (Å²) in [5, 5.41) is 17.9. The van der Waals surface area contributed by atoms with Gasteiger partial charge in [0.1, 0.15) is 0 Å². The van der Waals surface area contributed by atoms with E-state index >= 15 is 0 Å². The van der Waals surface area contributed by atoms with E-state index < -0.39 is 5.60 Å². The van der Waals surface area contributed by atoms with Crippen molar-refractivity contribution in [1.82, 2.24) is 0 Å². The zero-order valence-electron chi connectivity index (χ0n) is 6.09. The molecule has 2 heteroatoms. The average molecular weight is 137 g/mol. The lowest BCUT2D eigenvalue weighted by Gasteiger charge is -2.23. The highest BCUT2D eigenvalue weighted by atomic mass is 16.3. The third kappa shape index (κ3) is 1.58. The fourth-order valence-electron chi connectivity index (χ4n) is 1.24. The maximum Gasteiger partial charge on any atom is 0.0944 e. The molecule has 1 rings (SSSR count). The van der Waals surface area contributed by atoms with Crippen LogP contribution >= 0.6 is 0 Å². The van der Waals surface area contributed by atoms with Crippen molar-refractivity contribution in [3.8, 4) is 6.07 Å². The molecule has 1 unspecified atom stereocenters. The average Bonchev–Trinajstić information content (AvgIpc) is 1.86. The second kappa shape index (κ2) is 2.43. The summed E-state index contributed by atoms with van der Waals surface area (Å²) in [4.78, 5) is 0. The Balaban J connectivity index is 2.78. The highest BCUT2D eigenvalue weighted by molar-refractivity contribution is 5.26. The number of nitriles is 1. The number of aliphatic hydroxyl groups is 1. The lowest BCUT2D eigenvalue weighted by molar-refractivity contribution is 0.0937. The zero-order chi connectivity index (χ0) is 7.61. The molecule has 0 amide bonds. The lowest BCUT2D eigenvalue weighted by Crippen LogP contribution is -2.23. The fourth-order valence-corrected chi connectivity index (χ4v) is 1.24. The standard InChI is InChI=1S/C8H11NO/c1-8(10)4-2-3-7(5-8)6-9/h5,10H,2-4H2,1H3. The molecule has 0 aromatic carbocycles. The Morgan fingerprint density at radius 1 is 1.80 bits per heavy atom. The Kier molecular flexibility index (Phi) is 1.78. The van der Waals surface area contributed by atoms with Gasteiger partial charge in [-0.1, -0.05) is 0 Å². The molecule has 0 spiro atoms. The van der Waals surface area contributed by atoms with E-state index in [1.54, 1.807) is 13.0 Å². The van der Waals surface area contributed by atoms with Gasteiger partial charge in [0.05, 0.1) is 11.7 Å². The number of allylic oxidation sites excluding steroid dienone is 1.